The Morgan fingerprint density at radius 2 is 1.96 bits per heavy atom. The summed E-state index contributed by atoms with van der Waals surface area (Å²) in [6.45, 7) is 0.301. The van der Waals surface area contributed by atoms with Crippen LogP contribution >= 0.6 is 0 Å². The van der Waals surface area contributed by atoms with Gasteiger partial charge >= 0.3 is 5.97 Å². The second kappa shape index (κ2) is 10.2. The maximum absolute atomic E-state index is 11.9. The van der Waals surface area contributed by atoms with E-state index in [-0.39, 0.29) is 22.6 Å². The molecule has 1 rings (SSSR count). The number of benzene rings is 1. The van der Waals surface area contributed by atoms with E-state index in [1.807, 2.05) is 0 Å². The van der Waals surface area contributed by atoms with E-state index in [4.69, 9.17) is 14.9 Å². The van der Waals surface area contributed by atoms with Crippen LogP contribution in [0.5, 0.6) is 0 Å². The lowest BCUT2D eigenvalue weighted by molar-refractivity contribution is -0.137. The maximum Gasteiger partial charge on any atom is 0.303 e. The Balaban J connectivity index is 2.56. The molecule has 0 bridgehead atoms. The Bertz CT molecular complexity index is 827. The third-order valence-electron chi connectivity index (χ3n) is 3.23. The first-order valence-electron chi connectivity index (χ1n) is 7.68. The lowest BCUT2D eigenvalue weighted by atomic mass is 10.2. The van der Waals surface area contributed by atoms with Crippen LogP contribution in [-0.4, -0.2) is 36.5 Å². The van der Waals surface area contributed by atoms with Gasteiger partial charge in [0.15, 0.2) is 0 Å². The minimum absolute atomic E-state index is 0.0733. The molecule has 140 valence electrons. The van der Waals surface area contributed by atoms with Crippen LogP contribution in [0.1, 0.15) is 25.7 Å². The Kier molecular flexibility index (Phi) is 8.27. The van der Waals surface area contributed by atoms with Crippen molar-refractivity contribution in [3.8, 4) is 6.07 Å². The van der Waals surface area contributed by atoms with Crippen LogP contribution < -0.4 is 10.6 Å². The standard InChI is InChI=1S/C16H19N3O6S/c17-10-12(16(22)18-8-3-1-2-7-15(20)21)11-19-13-5-4-6-14(9-13)26(23,24)25/h4-6,9,11,19H,1-3,7-8H2,(H,18,22)(H,20,21)(H,23,24,25)/b12-11-. The SMILES string of the molecule is N#C/C(=C/Nc1cccc(S(=O)(=O)O)c1)C(=O)NCCCCCC(=O)O. The third-order valence-corrected chi connectivity index (χ3v) is 4.08. The largest absolute Gasteiger partial charge is 0.481 e. The summed E-state index contributed by atoms with van der Waals surface area (Å²) in [6, 6.07) is 6.97. The van der Waals surface area contributed by atoms with Crippen LogP contribution in [0.15, 0.2) is 40.9 Å². The number of carboxylic acid groups (broad SMARTS) is 1. The number of amides is 1. The molecule has 0 saturated carbocycles. The number of unbranched alkanes of at least 4 members (excludes halogenated alkanes) is 2. The van der Waals surface area contributed by atoms with Gasteiger partial charge in [0.2, 0.25) is 0 Å². The first-order valence-corrected chi connectivity index (χ1v) is 9.12. The first kappa shape index (κ1) is 21.1. The average Bonchev–Trinajstić information content (AvgIpc) is 2.57. The number of nitrogens with one attached hydrogen (secondary N) is 2. The minimum atomic E-state index is -4.35. The quantitative estimate of drug-likeness (QED) is 0.206. The van der Waals surface area contributed by atoms with Crippen LogP contribution in [0.4, 0.5) is 5.69 Å². The highest BCUT2D eigenvalue weighted by molar-refractivity contribution is 7.85. The number of carbonyl (C=O) groups is 2. The van der Waals surface area contributed by atoms with Crippen molar-refractivity contribution in [2.24, 2.45) is 0 Å². The van der Waals surface area contributed by atoms with Crippen molar-refractivity contribution >= 4 is 27.7 Å². The van der Waals surface area contributed by atoms with Gasteiger partial charge in [0.25, 0.3) is 16.0 Å². The van der Waals surface area contributed by atoms with E-state index in [0.29, 0.717) is 25.8 Å². The maximum atomic E-state index is 11.9. The molecule has 0 atom stereocenters. The summed E-state index contributed by atoms with van der Waals surface area (Å²) >= 11 is 0. The van der Waals surface area contributed by atoms with Crippen LogP contribution in [0.25, 0.3) is 0 Å². The number of nitrogens with zero attached hydrogens (tertiary/aromatic N) is 1. The van der Waals surface area contributed by atoms with Crippen molar-refractivity contribution in [3.63, 3.8) is 0 Å². The lowest BCUT2D eigenvalue weighted by Gasteiger charge is -2.06. The van der Waals surface area contributed by atoms with Crippen LogP contribution in [0.2, 0.25) is 0 Å². The number of hydrogen-bond acceptors (Lipinski definition) is 6. The predicted octanol–water partition coefficient (Wildman–Crippen LogP) is 1.51. The van der Waals surface area contributed by atoms with Crippen molar-refractivity contribution in [2.45, 2.75) is 30.6 Å². The molecule has 1 aromatic carbocycles. The zero-order valence-electron chi connectivity index (χ0n) is 13.8. The van der Waals surface area contributed by atoms with Crippen LogP contribution in [0.3, 0.4) is 0 Å². The zero-order chi connectivity index (χ0) is 19.6. The molecular formula is C16H19N3O6S. The number of carboxylic acids is 1. The van der Waals surface area contributed by atoms with Gasteiger partial charge in [-0.2, -0.15) is 13.7 Å². The summed E-state index contributed by atoms with van der Waals surface area (Å²) < 4.78 is 31.2. The van der Waals surface area contributed by atoms with E-state index in [1.165, 1.54) is 18.2 Å². The number of anilines is 1. The smallest absolute Gasteiger partial charge is 0.303 e. The number of hydrogen-bond donors (Lipinski definition) is 4. The normalized spacial score (nSPS) is 11.5. The van der Waals surface area contributed by atoms with E-state index in [0.717, 1.165) is 12.3 Å². The number of nitriles is 1. The molecule has 0 aliphatic heterocycles. The molecule has 10 heteroatoms. The number of rotatable bonds is 10. The fourth-order valence-corrected chi connectivity index (χ4v) is 2.45. The molecule has 0 aliphatic rings. The summed E-state index contributed by atoms with van der Waals surface area (Å²) in [5.41, 5.74) is 0.0575. The van der Waals surface area contributed by atoms with Gasteiger partial charge < -0.3 is 15.7 Å². The molecule has 9 nitrogen and oxygen atoms in total. The van der Waals surface area contributed by atoms with Gasteiger partial charge in [-0.3, -0.25) is 14.1 Å². The van der Waals surface area contributed by atoms with Crippen molar-refractivity contribution in [2.75, 3.05) is 11.9 Å². The van der Waals surface area contributed by atoms with E-state index in [1.54, 1.807) is 6.07 Å². The Morgan fingerprint density at radius 1 is 1.23 bits per heavy atom. The highest BCUT2D eigenvalue weighted by Gasteiger charge is 2.10. The molecule has 1 aromatic rings. The third kappa shape index (κ3) is 7.78. The highest BCUT2D eigenvalue weighted by Crippen LogP contribution is 2.15. The Morgan fingerprint density at radius 3 is 2.58 bits per heavy atom. The van der Waals surface area contributed by atoms with E-state index in [2.05, 4.69) is 10.6 Å². The molecule has 0 aliphatic carbocycles. The van der Waals surface area contributed by atoms with Gasteiger partial charge in [-0.25, -0.2) is 0 Å². The van der Waals surface area contributed by atoms with Gasteiger partial charge in [0, 0.05) is 24.9 Å². The number of aliphatic carboxylic acids is 1. The summed E-state index contributed by atoms with van der Waals surface area (Å²) in [5, 5.41) is 22.7. The Labute approximate surface area is 151 Å². The summed E-state index contributed by atoms with van der Waals surface area (Å²) in [4.78, 5) is 21.9. The molecule has 0 saturated heterocycles. The van der Waals surface area contributed by atoms with Crippen molar-refractivity contribution < 1.29 is 27.7 Å². The molecule has 0 spiro atoms. The summed E-state index contributed by atoms with van der Waals surface area (Å²) in [5.74, 6) is -1.47. The number of carbonyl (C=O) groups excluding carboxylic acids is 1. The van der Waals surface area contributed by atoms with Gasteiger partial charge in [-0.1, -0.05) is 12.5 Å². The topological polar surface area (TPSA) is 157 Å². The zero-order valence-corrected chi connectivity index (χ0v) is 14.6. The molecule has 1 amide bonds. The van der Waals surface area contributed by atoms with Crippen molar-refractivity contribution in [1.29, 1.82) is 5.26 Å². The van der Waals surface area contributed by atoms with Gasteiger partial charge in [0.05, 0.1) is 4.90 Å². The molecular weight excluding hydrogens is 362 g/mol. The molecule has 26 heavy (non-hydrogen) atoms. The fourth-order valence-electron chi connectivity index (χ4n) is 1.93. The summed E-state index contributed by atoms with van der Waals surface area (Å²) in [7, 11) is -4.35. The minimum Gasteiger partial charge on any atom is -0.481 e. The van der Waals surface area contributed by atoms with Crippen LogP contribution in [-0.2, 0) is 19.7 Å². The first-order chi connectivity index (χ1) is 12.2. The van der Waals surface area contributed by atoms with Crippen molar-refractivity contribution in [1.82, 2.24) is 5.32 Å². The molecule has 0 aromatic heterocycles. The monoisotopic (exact) mass is 381 g/mol. The second-order valence-corrected chi connectivity index (χ2v) is 6.70. The van der Waals surface area contributed by atoms with Gasteiger partial charge in [0.1, 0.15) is 11.6 Å². The second-order valence-electron chi connectivity index (χ2n) is 5.28. The van der Waals surface area contributed by atoms with E-state index >= 15 is 0 Å². The summed E-state index contributed by atoms with van der Waals surface area (Å²) in [6.07, 6.45) is 2.94. The van der Waals surface area contributed by atoms with E-state index < -0.39 is 22.0 Å². The predicted molar refractivity (Wildman–Crippen MR) is 92.7 cm³/mol. The molecule has 0 radical (unpaired) electrons. The molecule has 0 unspecified atom stereocenters. The molecule has 4 N–H and O–H groups in total. The Hall–Kier alpha value is -2.90. The fraction of sp³-hybridized carbons (Fsp3) is 0.312. The van der Waals surface area contributed by atoms with Crippen LogP contribution in [0, 0.1) is 11.3 Å². The van der Waals surface area contributed by atoms with Gasteiger partial charge in [-0.15, -0.1) is 0 Å². The highest BCUT2D eigenvalue weighted by atomic mass is 32.2. The van der Waals surface area contributed by atoms with Crippen molar-refractivity contribution in [3.05, 3.63) is 36.0 Å². The average molecular weight is 381 g/mol. The molecule has 0 heterocycles. The lowest BCUT2D eigenvalue weighted by Crippen LogP contribution is -2.26. The van der Waals surface area contributed by atoms with Gasteiger partial charge in [-0.05, 0) is 31.0 Å². The molecule has 0 fully saturated rings. The van der Waals surface area contributed by atoms with E-state index in [9.17, 15) is 18.0 Å².